The average molecular weight is 281 g/mol. The van der Waals surface area contributed by atoms with Crippen molar-refractivity contribution in [3.05, 3.63) is 24.0 Å². The molecular weight excluding hydrogens is 261 g/mol. The van der Waals surface area contributed by atoms with Crippen LogP contribution < -0.4 is 0 Å². The summed E-state index contributed by atoms with van der Waals surface area (Å²) < 4.78 is 19.0. The molecule has 0 spiro atoms. The van der Waals surface area contributed by atoms with E-state index in [1.54, 1.807) is 4.90 Å². The van der Waals surface area contributed by atoms with Crippen molar-refractivity contribution in [1.29, 1.82) is 0 Å². The molecule has 20 heavy (non-hydrogen) atoms. The minimum Gasteiger partial charge on any atom is -0.444 e. The van der Waals surface area contributed by atoms with Gasteiger partial charge in [0.2, 0.25) is 0 Å². The Bertz CT molecular complexity index is 480. The van der Waals surface area contributed by atoms with Crippen LogP contribution in [-0.4, -0.2) is 39.7 Å². The first kappa shape index (κ1) is 14.7. The molecule has 1 saturated heterocycles. The number of ether oxygens (including phenoxy) is 1. The van der Waals surface area contributed by atoms with Crippen LogP contribution in [-0.2, 0) is 4.74 Å². The van der Waals surface area contributed by atoms with Gasteiger partial charge in [-0.05, 0) is 33.6 Å². The molecule has 6 heteroatoms. The van der Waals surface area contributed by atoms with Gasteiger partial charge in [-0.3, -0.25) is 0 Å². The number of amides is 1. The van der Waals surface area contributed by atoms with E-state index >= 15 is 0 Å². The first-order valence-electron chi connectivity index (χ1n) is 6.80. The molecule has 2 heterocycles. The summed E-state index contributed by atoms with van der Waals surface area (Å²) in [5.41, 5.74) is -0.0454. The summed E-state index contributed by atoms with van der Waals surface area (Å²) in [6, 6.07) is 0. The van der Waals surface area contributed by atoms with Gasteiger partial charge in [-0.2, -0.15) is 0 Å². The fourth-order valence-electron chi connectivity index (χ4n) is 2.28. The Balaban J connectivity index is 1.93. The second kappa shape index (κ2) is 5.73. The molecule has 0 unspecified atom stereocenters. The number of hydrogen-bond donors (Lipinski definition) is 0. The molecule has 5 nitrogen and oxygen atoms in total. The maximum atomic E-state index is 13.6. The molecule has 2 rings (SSSR count). The second-order valence-electron chi connectivity index (χ2n) is 6.00. The molecule has 0 N–H and O–H groups in total. The molecule has 1 amide bonds. The van der Waals surface area contributed by atoms with Gasteiger partial charge < -0.3 is 9.64 Å². The summed E-state index contributed by atoms with van der Waals surface area (Å²) in [5.74, 6) is -0.333. The molecule has 0 radical (unpaired) electrons. The maximum absolute atomic E-state index is 13.6. The number of likely N-dealkylation sites (tertiary alicyclic amines) is 1. The summed E-state index contributed by atoms with van der Waals surface area (Å²) >= 11 is 0. The molecule has 0 aromatic carbocycles. The van der Waals surface area contributed by atoms with Crippen LogP contribution in [0.2, 0.25) is 0 Å². The number of halogens is 1. The van der Waals surface area contributed by atoms with E-state index in [0.29, 0.717) is 31.6 Å². The molecule has 0 bridgehead atoms. The van der Waals surface area contributed by atoms with E-state index in [1.165, 1.54) is 12.5 Å². The normalized spacial score (nSPS) is 17.1. The van der Waals surface area contributed by atoms with E-state index in [1.807, 2.05) is 20.8 Å². The lowest BCUT2D eigenvalue weighted by Gasteiger charge is -2.33. The van der Waals surface area contributed by atoms with Crippen LogP contribution in [0.3, 0.4) is 0 Å². The third kappa shape index (κ3) is 3.65. The molecule has 1 aromatic heterocycles. The number of carbonyl (C=O) groups is 1. The fraction of sp³-hybridized carbons (Fsp3) is 0.643. The number of aromatic nitrogens is 2. The highest BCUT2D eigenvalue weighted by Gasteiger charge is 2.29. The van der Waals surface area contributed by atoms with E-state index in [-0.39, 0.29) is 17.8 Å². The minimum atomic E-state index is -0.493. The van der Waals surface area contributed by atoms with Crippen molar-refractivity contribution in [3.8, 4) is 0 Å². The number of piperidine rings is 1. The van der Waals surface area contributed by atoms with Crippen LogP contribution in [0.5, 0.6) is 0 Å². The van der Waals surface area contributed by atoms with Crippen LogP contribution in [0.25, 0.3) is 0 Å². The Hall–Kier alpha value is -1.72. The maximum Gasteiger partial charge on any atom is 0.410 e. The lowest BCUT2D eigenvalue weighted by molar-refractivity contribution is 0.0203. The summed E-state index contributed by atoms with van der Waals surface area (Å²) in [6.07, 6.45) is 3.61. The number of nitrogens with zero attached hydrogens (tertiary/aromatic N) is 3. The highest BCUT2D eigenvalue weighted by Crippen LogP contribution is 2.28. The topological polar surface area (TPSA) is 55.3 Å². The molecule has 0 aliphatic carbocycles. The van der Waals surface area contributed by atoms with E-state index < -0.39 is 5.60 Å². The molecule has 0 atom stereocenters. The SMILES string of the molecule is CC(C)(C)OC(=O)N1CCC(c2ncncc2F)CC1. The summed E-state index contributed by atoms with van der Waals surface area (Å²) in [4.78, 5) is 21.3. The summed E-state index contributed by atoms with van der Waals surface area (Å²) in [5, 5.41) is 0. The van der Waals surface area contributed by atoms with Gasteiger partial charge in [-0.25, -0.2) is 19.2 Å². The third-order valence-corrected chi connectivity index (χ3v) is 3.23. The van der Waals surface area contributed by atoms with Crippen molar-refractivity contribution in [2.45, 2.75) is 45.1 Å². The molecule has 1 fully saturated rings. The van der Waals surface area contributed by atoms with Crippen molar-refractivity contribution in [2.24, 2.45) is 0 Å². The highest BCUT2D eigenvalue weighted by atomic mass is 19.1. The van der Waals surface area contributed by atoms with Gasteiger partial charge >= 0.3 is 6.09 Å². The quantitative estimate of drug-likeness (QED) is 0.794. The molecular formula is C14H20FN3O2. The van der Waals surface area contributed by atoms with Crippen molar-refractivity contribution < 1.29 is 13.9 Å². The minimum absolute atomic E-state index is 0.0386. The predicted molar refractivity (Wildman–Crippen MR) is 71.8 cm³/mol. The molecule has 1 aliphatic heterocycles. The Labute approximate surface area is 118 Å². The molecule has 0 saturated carbocycles. The molecule has 110 valence electrons. The van der Waals surface area contributed by atoms with E-state index in [4.69, 9.17) is 4.74 Å². The standard InChI is InChI=1S/C14H20FN3O2/c1-14(2,3)20-13(19)18-6-4-10(5-7-18)12-11(15)8-16-9-17-12/h8-10H,4-7H2,1-3H3. The van der Waals surface area contributed by atoms with Crippen LogP contribution in [0.4, 0.5) is 9.18 Å². The lowest BCUT2D eigenvalue weighted by Crippen LogP contribution is -2.41. The zero-order chi connectivity index (χ0) is 14.8. The van der Waals surface area contributed by atoms with Crippen molar-refractivity contribution >= 4 is 6.09 Å². The summed E-state index contributed by atoms with van der Waals surface area (Å²) in [7, 11) is 0. The second-order valence-corrected chi connectivity index (χ2v) is 6.00. The van der Waals surface area contributed by atoms with Crippen molar-refractivity contribution in [3.63, 3.8) is 0 Å². The number of carbonyl (C=O) groups excluding carboxylic acids is 1. The Kier molecular flexibility index (Phi) is 4.20. The van der Waals surface area contributed by atoms with E-state index in [2.05, 4.69) is 9.97 Å². The fourth-order valence-corrected chi connectivity index (χ4v) is 2.28. The number of rotatable bonds is 1. The monoisotopic (exact) mass is 281 g/mol. The molecule has 1 aliphatic rings. The van der Waals surface area contributed by atoms with Gasteiger partial charge in [0.05, 0.1) is 11.9 Å². The first-order chi connectivity index (χ1) is 9.37. The smallest absolute Gasteiger partial charge is 0.410 e. The van der Waals surface area contributed by atoms with Crippen molar-refractivity contribution in [1.82, 2.24) is 14.9 Å². The van der Waals surface area contributed by atoms with Crippen LogP contribution >= 0.6 is 0 Å². The van der Waals surface area contributed by atoms with Crippen LogP contribution in [0, 0.1) is 5.82 Å². The van der Waals surface area contributed by atoms with E-state index in [9.17, 15) is 9.18 Å². The largest absolute Gasteiger partial charge is 0.444 e. The van der Waals surface area contributed by atoms with E-state index in [0.717, 1.165) is 0 Å². The number of hydrogen-bond acceptors (Lipinski definition) is 4. The van der Waals surface area contributed by atoms with Crippen molar-refractivity contribution in [2.75, 3.05) is 13.1 Å². The lowest BCUT2D eigenvalue weighted by atomic mass is 9.93. The first-order valence-corrected chi connectivity index (χ1v) is 6.80. The van der Waals surface area contributed by atoms with Gasteiger partial charge in [0.15, 0.2) is 5.82 Å². The Morgan fingerprint density at radius 2 is 2.05 bits per heavy atom. The third-order valence-electron chi connectivity index (χ3n) is 3.23. The van der Waals surface area contributed by atoms with Gasteiger partial charge in [0, 0.05) is 19.0 Å². The van der Waals surface area contributed by atoms with Crippen LogP contribution in [0.15, 0.2) is 12.5 Å². The Morgan fingerprint density at radius 3 is 2.60 bits per heavy atom. The van der Waals surface area contributed by atoms with Gasteiger partial charge in [-0.15, -0.1) is 0 Å². The zero-order valence-corrected chi connectivity index (χ0v) is 12.1. The van der Waals surface area contributed by atoms with Gasteiger partial charge in [-0.1, -0.05) is 0 Å². The van der Waals surface area contributed by atoms with Gasteiger partial charge in [0.1, 0.15) is 11.9 Å². The highest BCUT2D eigenvalue weighted by molar-refractivity contribution is 5.68. The van der Waals surface area contributed by atoms with Gasteiger partial charge in [0.25, 0.3) is 0 Å². The zero-order valence-electron chi connectivity index (χ0n) is 12.1. The van der Waals surface area contributed by atoms with Crippen LogP contribution in [0.1, 0.15) is 45.2 Å². The average Bonchev–Trinajstić information content (AvgIpc) is 2.37. The predicted octanol–water partition coefficient (Wildman–Crippen LogP) is 2.73. The Morgan fingerprint density at radius 1 is 1.40 bits per heavy atom. The molecule has 1 aromatic rings. The summed E-state index contributed by atoms with van der Waals surface area (Å²) in [6.45, 7) is 6.64.